The molecule has 0 aromatic carbocycles. The largest absolute Gasteiger partial charge is 0.477 e. The normalized spacial score (nSPS) is 31.9. The van der Waals surface area contributed by atoms with E-state index < -0.39 is 5.97 Å². The first-order chi connectivity index (χ1) is 6.11. The second-order valence-electron chi connectivity index (χ2n) is 3.23. The number of hydrogen-bond acceptors (Lipinski definition) is 4. The summed E-state index contributed by atoms with van der Waals surface area (Å²) in [5.74, 6) is -1.22. The van der Waals surface area contributed by atoms with Crippen LogP contribution in [0.25, 0.3) is 0 Å². The highest BCUT2D eigenvalue weighted by molar-refractivity contribution is 7.82. The van der Waals surface area contributed by atoms with E-state index in [1.54, 1.807) is 4.90 Å². The summed E-state index contributed by atoms with van der Waals surface area (Å²) in [6.07, 6.45) is 2.03. The highest BCUT2D eigenvalue weighted by atomic mass is 32.1. The van der Waals surface area contributed by atoms with Crippen LogP contribution in [0.15, 0.2) is 11.8 Å². The van der Waals surface area contributed by atoms with Crippen molar-refractivity contribution >= 4 is 24.4 Å². The van der Waals surface area contributed by atoms with Crippen molar-refractivity contribution in [3.05, 3.63) is 11.8 Å². The molecule has 0 spiro atoms. The molecule has 13 heavy (non-hydrogen) atoms. The Hall–Kier alpha value is -0.970. The fourth-order valence-electron chi connectivity index (χ4n) is 1.71. The average Bonchev–Trinajstić information content (AvgIpc) is 1.98. The number of carbonyl (C=O) groups is 2. The molecule has 2 heterocycles. The number of allylic oxidation sites excluding steroid dienone is 1. The zero-order chi connectivity index (χ0) is 9.59. The Morgan fingerprint density at radius 1 is 1.69 bits per heavy atom. The van der Waals surface area contributed by atoms with Crippen molar-refractivity contribution < 1.29 is 14.7 Å². The van der Waals surface area contributed by atoms with Gasteiger partial charge in [0, 0.05) is 18.7 Å². The molecule has 0 aromatic heterocycles. The van der Waals surface area contributed by atoms with Crippen LogP contribution in [-0.4, -0.2) is 39.6 Å². The summed E-state index contributed by atoms with van der Waals surface area (Å²) in [5.41, 5.74) is 0.117. The van der Waals surface area contributed by atoms with Gasteiger partial charge in [-0.15, -0.1) is 0 Å². The van der Waals surface area contributed by atoms with E-state index in [-0.39, 0.29) is 22.8 Å². The van der Waals surface area contributed by atoms with Crippen LogP contribution in [0.1, 0.15) is 6.42 Å². The molecule has 2 rings (SSSR count). The summed E-state index contributed by atoms with van der Waals surface area (Å²) in [4.78, 5) is 23.7. The Balaban J connectivity index is 2.33. The van der Waals surface area contributed by atoms with Crippen molar-refractivity contribution in [2.75, 3.05) is 6.54 Å². The van der Waals surface area contributed by atoms with Gasteiger partial charge in [-0.2, -0.15) is 12.6 Å². The minimum atomic E-state index is -1.03. The van der Waals surface area contributed by atoms with Gasteiger partial charge < -0.3 is 10.0 Å². The molecule has 0 aromatic rings. The van der Waals surface area contributed by atoms with E-state index in [0.717, 1.165) is 6.42 Å². The molecule has 2 aliphatic rings. The van der Waals surface area contributed by atoms with Crippen molar-refractivity contribution in [3.8, 4) is 0 Å². The maximum absolute atomic E-state index is 11.3. The number of nitrogens with zero attached hydrogens (tertiary/aromatic N) is 1. The highest BCUT2D eigenvalue weighted by Gasteiger charge is 2.42. The number of carboxylic acids is 1. The molecule has 70 valence electrons. The molecular formula is C8H9NO3S. The van der Waals surface area contributed by atoms with Crippen molar-refractivity contribution in [1.29, 1.82) is 0 Å². The van der Waals surface area contributed by atoms with Gasteiger partial charge in [-0.1, -0.05) is 0 Å². The molecule has 4 nitrogen and oxygen atoms in total. The molecule has 0 bridgehead atoms. The predicted molar refractivity (Wildman–Crippen MR) is 48.6 cm³/mol. The lowest BCUT2D eigenvalue weighted by atomic mass is 9.91. The topological polar surface area (TPSA) is 57.6 Å². The third-order valence-electron chi connectivity index (χ3n) is 2.53. The number of carboxylic acid groups (broad SMARTS) is 1. The Labute approximate surface area is 80.6 Å². The molecule has 0 amide bonds. The number of thiol groups is 1. The minimum Gasteiger partial charge on any atom is -0.477 e. The molecule has 0 aliphatic carbocycles. The van der Waals surface area contributed by atoms with E-state index in [9.17, 15) is 9.59 Å². The van der Waals surface area contributed by atoms with Crippen molar-refractivity contribution in [3.63, 3.8) is 0 Å². The van der Waals surface area contributed by atoms with E-state index in [2.05, 4.69) is 12.6 Å². The second-order valence-corrected chi connectivity index (χ2v) is 3.79. The Morgan fingerprint density at radius 2 is 2.38 bits per heavy atom. The Morgan fingerprint density at radius 3 is 2.85 bits per heavy atom. The first-order valence-electron chi connectivity index (χ1n) is 4.05. The zero-order valence-corrected chi connectivity index (χ0v) is 7.70. The molecule has 1 fully saturated rings. The fourth-order valence-corrected chi connectivity index (χ4v) is 2.10. The molecule has 0 radical (unpaired) electrons. The third kappa shape index (κ3) is 1.14. The van der Waals surface area contributed by atoms with Gasteiger partial charge in [-0.05, 0) is 6.42 Å². The van der Waals surface area contributed by atoms with E-state index in [1.165, 1.54) is 6.08 Å². The van der Waals surface area contributed by atoms with Gasteiger partial charge in [0.25, 0.3) is 0 Å². The van der Waals surface area contributed by atoms with Gasteiger partial charge in [0.05, 0.1) is 5.25 Å². The Kier molecular flexibility index (Phi) is 1.83. The maximum atomic E-state index is 11.3. The zero-order valence-electron chi connectivity index (χ0n) is 6.80. The van der Waals surface area contributed by atoms with Crippen molar-refractivity contribution in [2.24, 2.45) is 0 Å². The van der Waals surface area contributed by atoms with Crippen LogP contribution in [0.4, 0.5) is 0 Å². The first kappa shape index (κ1) is 8.62. The van der Waals surface area contributed by atoms with Crippen molar-refractivity contribution in [2.45, 2.75) is 17.7 Å². The predicted octanol–water partition coefficient (Wildman–Crippen LogP) is -0.0897. The van der Waals surface area contributed by atoms with Gasteiger partial charge in [0.15, 0.2) is 5.78 Å². The molecule has 2 aliphatic heterocycles. The maximum Gasteiger partial charge on any atom is 0.352 e. The number of ketones is 1. The SMILES string of the molecule is O=C(O)C1=CC(=O)C(S)C2CCN12. The summed E-state index contributed by atoms with van der Waals surface area (Å²) >= 11 is 4.14. The minimum absolute atomic E-state index is 0.00747. The van der Waals surface area contributed by atoms with Gasteiger partial charge in [-0.25, -0.2) is 4.79 Å². The first-order valence-corrected chi connectivity index (χ1v) is 4.56. The van der Waals surface area contributed by atoms with Crippen LogP contribution >= 0.6 is 12.6 Å². The molecule has 2 unspecified atom stereocenters. The molecule has 1 saturated heterocycles. The second kappa shape index (κ2) is 2.77. The number of fused-ring (bicyclic) bond motifs is 1. The Bertz CT molecular complexity index is 313. The van der Waals surface area contributed by atoms with E-state index >= 15 is 0 Å². The molecule has 1 N–H and O–H groups in total. The summed E-state index contributed by atoms with van der Waals surface area (Å²) < 4.78 is 0. The van der Waals surface area contributed by atoms with Crippen LogP contribution in [0, 0.1) is 0 Å². The number of carbonyl (C=O) groups excluding carboxylic acids is 1. The van der Waals surface area contributed by atoms with Crippen LogP contribution in [0.2, 0.25) is 0 Å². The third-order valence-corrected chi connectivity index (χ3v) is 3.13. The summed E-state index contributed by atoms with van der Waals surface area (Å²) in [5, 5.41) is 8.43. The van der Waals surface area contributed by atoms with E-state index in [1.807, 2.05) is 0 Å². The number of rotatable bonds is 1. The van der Waals surface area contributed by atoms with Gasteiger partial charge >= 0.3 is 5.97 Å². The van der Waals surface area contributed by atoms with Gasteiger partial charge in [0.2, 0.25) is 0 Å². The quantitative estimate of drug-likeness (QED) is 0.579. The van der Waals surface area contributed by atoms with Gasteiger partial charge in [-0.3, -0.25) is 4.79 Å². The molecule has 5 heteroatoms. The van der Waals surface area contributed by atoms with Crippen molar-refractivity contribution in [1.82, 2.24) is 4.90 Å². The standard InChI is InChI=1S/C8H9NO3S/c10-6-3-5(8(11)12)9-2-1-4(9)7(6)13/h3-4,7,13H,1-2H2,(H,11,12). The highest BCUT2D eigenvalue weighted by Crippen LogP contribution is 2.32. The summed E-state index contributed by atoms with van der Waals surface area (Å²) in [6, 6.07) is -0.00747. The lowest BCUT2D eigenvalue weighted by Gasteiger charge is -2.47. The number of aliphatic carboxylic acids is 1. The van der Waals surface area contributed by atoms with E-state index in [4.69, 9.17) is 5.11 Å². The lowest BCUT2D eigenvalue weighted by Crippen LogP contribution is -2.57. The van der Waals surface area contributed by atoms with Crippen LogP contribution < -0.4 is 0 Å². The van der Waals surface area contributed by atoms with Crippen LogP contribution in [-0.2, 0) is 9.59 Å². The molecular weight excluding hydrogens is 190 g/mol. The average molecular weight is 199 g/mol. The van der Waals surface area contributed by atoms with Gasteiger partial charge in [0.1, 0.15) is 5.70 Å². The fraction of sp³-hybridized carbons (Fsp3) is 0.500. The smallest absolute Gasteiger partial charge is 0.352 e. The lowest BCUT2D eigenvalue weighted by molar-refractivity contribution is -0.137. The molecule has 2 atom stereocenters. The summed E-state index contributed by atoms with van der Waals surface area (Å²) in [6.45, 7) is 0.715. The van der Waals surface area contributed by atoms with E-state index in [0.29, 0.717) is 6.54 Å². The molecule has 0 saturated carbocycles. The van der Waals surface area contributed by atoms with Crippen LogP contribution in [0.3, 0.4) is 0 Å². The van der Waals surface area contributed by atoms with Crippen LogP contribution in [0.5, 0.6) is 0 Å². The number of hydrogen-bond donors (Lipinski definition) is 2. The monoisotopic (exact) mass is 199 g/mol. The summed E-state index contributed by atoms with van der Waals surface area (Å²) in [7, 11) is 0.